The number of oxazole rings is 1. The van der Waals surface area contributed by atoms with Crippen molar-refractivity contribution < 1.29 is 9.15 Å². The monoisotopic (exact) mass is 323 g/mol. The molecular weight excluding hydrogens is 302 g/mol. The van der Waals surface area contributed by atoms with Gasteiger partial charge in [0.05, 0.1) is 23.1 Å². The van der Waals surface area contributed by atoms with Gasteiger partial charge in [0.2, 0.25) is 0 Å². The van der Waals surface area contributed by atoms with Crippen LogP contribution in [0.5, 0.6) is 5.75 Å². The fourth-order valence-electron chi connectivity index (χ4n) is 2.85. The van der Waals surface area contributed by atoms with Gasteiger partial charge in [0.1, 0.15) is 12.4 Å². The minimum absolute atomic E-state index is 0.0391. The average molecular weight is 323 g/mol. The Labute approximate surface area is 140 Å². The lowest BCUT2D eigenvalue weighted by Gasteiger charge is -2.17. The summed E-state index contributed by atoms with van der Waals surface area (Å²) in [4.78, 5) is 8.98. The van der Waals surface area contributed by atoms with Crippen molar-refractivity contribution in [2.45, 2.75) is 45.6 Å². The van der Waals surface area contributed by atoms with Crippen molar-refractivity contribution in [1.82, 2.24) is 14.4 Å². The summed E-state index contributed by atoms with van der Waals surface area (Å²) in [6, 6.07) is 3.96. The first-order chi connectivity index (χ1) is 11.5. The topological polar surface area (TPSA) is 52.6 Å². The lowest BCUT2D eigenvalue weighted by Crippen LogP contribution is -2.28. The standard InChI is InChI=1S/C19H21N3O2/c1-19(2,3)17-9-8-13(10-20-17)23-12-14-11-22-16-7-5-4-6-15(16)21-18(22)24-14/h6-11H,4-5,12H2,1-3H3. The van der Waals surface area contributed by atoms with Gasteiger partial charge in [0.25, 0.3) is 0 Å². The minimum atomic E-state index is 0.0391. The summed E-state index contributed by atoms with van der Waals surface area (Å²) in [5, 5.41) is 2.12. The third-order valence-corrected chi connectivity index (χ3v) is 4.17. The lowest BCUT2D eigenvalue weighted by atomic mass is 9.92. The molecule has 0 N–H and O–H groups in total. The number of fused-ring (bicyclic) bond motifs is 3. The predicted octanol–water partition coefficient (Wildman–Crippen LogP) is 2.55. The highest BCUT2D eigenvalue weighted by molar-refractivity contribution is 5.39. The first-order valence-corrected chi connectivity index (χ1v) is 8.27. The fourth-order valence-corrected chi connectivity index (χ4v) is 2.85. The van der Waals surface area contributed by atoms with Crippen molar-refractivity contribution in [1.29, 1.82) is 0 Å². The fraction of sp³-hybridized carbons (Fsp3) is 0.368. The van der Waals surface area contributed by atoms with Gasteiger partial charge in [0.15, 0.2) is 5.76 Å². The van der Waals surface area contributed by atoms with Crippen LogP contribution in [0.1, 0.15) is 45.1 Å². The second-order valence-corrected chi connectivity index (χ2v) is 7.14. The molecule has 0 fully saturated rings. The number of aromatic nitrogens is 3. The van der Waals surface area contributed by atoms with E-state index in [4.69, 9.17) is 9.15 Å². The van der Waals surface area contributed by atoms with Crippen LogP contribution < -0.4 is 15.4 Å². The average Bonchev–Trinajstić information content (AvgIpc) is 3.10. The highest BCUT2D eigenvalue weighted by atomic mass is 16.5. The van der Waals surface area contributed by atoms with Crippen LogP contribution in [0.15, 0.2) is 28.9 Å². The molecule has 0 saturated heterocycles. The van der Waals surface area contributed by atoms with E-state index in [9.17, 15) is 0 Å². The molecule has 0 amide bonds. The molecule has 3 aromatic rings. The molecule has 1 aliphatic carbocycles. The summed E-state index contributed by atoms with van der Waals surface area (Å²) in [7, 11) is 0. The quantitative estimate of drug-likeness (QED) is 0.743. The Bertz CT molecular complexity index is 988. The first-order valence-electron chi connectivity index (χ1n) is 8.27. The summed E-state index contributed by atoms with van der Waals surface area (Å²) in [5.41, 5.74) is 1.09. The maximum atomic E-state index is 5.79. The third kappa shape index (κ3) is 2.70. The molecule has 0 aliphatic heterocycles. The Balaban J connectivity index is 1.52. The number of pyridine rings is 1. The Morgan fingerprint density at radius 2 is 2.04 bits per heavy atom. The van der Waals surface area contributed by atoms with E-state index in [1.807, 2.05) is 22.7 Å². The molecule has 0 bridgehead atoms. The van der Waals surface area contributed by atoms with Gasteiger partial charge in [-0.1, -0.05) is 32.9 Å². The molecule has 4 rings (SSSR count). The summed E-state index contributed by atoms with van der Waals surface area (Å²) in [6.45, 7) is 6.79. The normalized spacial score (nSPS) is 14.1. The van der Waals surface area contributed by atoms with Gasteiger partial charge in [-0.3, -0.25) is 9.38 Å². The SMILES string of the molecule is CC(C)(C)c1ccc(OCc2cn3c4c(nc3o2)=CCCC=4)cn1. The summed E-state index contributed by atoms with van der Waals surface area (Å²) >= 11 is 0. The number of ether oxygens (including phenoxy) is 1. The van der Waals surface area contributed by atoms with Crippen LogP contribution in [0.3, 0.4) is 0 Å². The summed E-state index contributed by atoms with van der Waals surface area (Å²) < 4.78 is 13.6. The van der Waals surface area contributed by atoms with Crippen LogP contribution in [0.25, 0.3) is 18.0 Å². The van der Waals surface area contributed by atoms with Gasteiger partial charge >= 0.3 is 5.84 Å². The van der Waals surface area contributed by atoms with E-state index >= 15 is 0 Å². The largest absolute Gasteiger partial charge is 0.484 e. The van der Waals surface area contributed by atoms with E-state index in [-0.39, 0.29) is 5.41 Å². The van der Waals surface area contributed by atoms with Crippen LogP contribution in [-0.4, -0.2) is 14.4 Å². The van der Waals surface area contributed by atoms with Gasteiger partial charge < -0.3 is 9.15 Å². The van der Waals surface area contributed by atoms with Crippen molar-refractivity contribution >= 4 is 18.0 Å². The Hall–Kier alpha value is -2.56. The highest BCUT2D eigenvalue weighted by Gasteiger charge is 2.15. The van der Waals surface area contributed by atoms with Gasteiger partial charge in [0, 0.05) is 11.1 Å². The van der Waals surface area contributed by atoms with E-state index in [1.54, 1.807) is 6.20 Å². The number of rotatable bonds is 3. The van der Waals surface area contributed by atoms with Gasteiger partial charge in [-0.05, 0) is 25.0 Å². The number of hydrogen-bond donors (Lipinski definition) is 0. The van der Waals surface area contributed by atoms with Crippen molar-refractivity contribution in [2.75, 3.05) is 0 Å². The highest BCUT2D eigenvalue weighted by Crippen LogP contribution is 2.22. The molecule has 0 atom stereocenters. The first kappa shape index (κ1) is 15.0. The van der Waals surface area contributed by atoms with Crippen molar-refractivity contribution in [2.24, 2.45) is 0 Å². The third-order valence-electron chi connectivity index (χ3n) is 4.17. The second kappa shape index (κ2) is 5.51. The predicted molar refractivity (Wildman–Crippen MR) is 92.1 cm³/mol. The molecule has 124 valence electrons. The molecule has 0 radical (unpaired) electrons. The zero-order chi connectivity index (χ0) is 16.7. The Kier molecular flexibility index (Phi) is 3.44. The van der Waals surface area contributed by atoms with Crippen molar-refractivity contribution in [3.63, 3.8) is 0 Å². The Morgan fingerprint density at radius 3 is 2.79 bits per heavy atom. The summed E-state index contributed by atoms with van der Waals surface area (Å²) in [6.07, 6.45) is 10.2. The molecule has 24 heavy (non-hydrogen) atoms. The van der Waals surface area contributed by atoms with Crippen LogP contribution in [0.4, 0.5) is 0 Å². The smallest absolute Gasteiger partial charge is 0.307 e. The molecule has 5 nitrogen and oxygen atoms in total. The maximum Gasteiger partial charge on any atom is 0.307 e. The van der Waals surface area contributed by atoms with Crippen molar-refractivity contribution in [3.8, 4) is 5.75 Å². The van der Waals surface area contributed by atoms with Crippen LogP contribution in [-0.2, 0) is 12.0 Å². The van der Waals surface area contributed by atoms with E-state index in [2.05, 4.69) is 42.9 Å². The van der Waals surface area contributed by atoms with Crippen LogP contribution in [0, 0.1) is 0 Å². The lowest BCUT2D eigenvalue weighted by molar-refractivity contribution is 0.272. The number of hydrogen-bond acceptors (Lipinski definition) is 4. The summed E-state index contributed by atoms with van der Waals surface area (Å²) in [5.74, 6) is 2.10. The zero-order valence-corrected chi connectivity index (χ0v) is 14.2. The molecule has 0 aromatic carbocycles. The molecule has 1 aliphatic rings. The molecule has 3 heterocycles. The second-order valence-electron chi connectivity index (χ2n) is 7.14. The Morgan fingerprint density at radius 1 is 1.21 bits per heavy atom. The van der Waals surface area contributed by atoms with E-state index in [1.165, 1.54) is 0 Å². The number of imidazole rings is 1. The molecule has 3 aromatic heterocycles. The molecule has 5 heteroatoms. The van der Waals surface area contributed by atoms with Gasteiger partial charge in [-0.25, -0.2) is 0 Å². The maximum absolute atomic E-state index is 5.79. The van der Waals surface area contributed by atoms with Gasteiger partial charge in [-0.15, -0.1) is 0 Å². The number of nitrogens with zero attached hydrogens (tertiary/aromatic N) is 3. The van der Waals surface area contributed by atoms with Crippen LogP contribution >= 0.6 is 0 Å². The zero-order valence-electron chi connectivity index (χ0n) is 14.2. The van der Waals surface area contributed by atoms with E-state index < -0.39 is 0 Å². The van der Waals surface area contributed by atoms with Crippen molar-refractivity contribution in [3.05, 3.63) is 46.7 Å². The molecular formula is C19H21N3O2. The molecule has 0 unspecified atom stereocenters. The minimum Gasteiger partial charge on any atom is -0.484 e. The van der Waals surface area contributed by atoms with E-state index in [0.717, 1.165) is 40.7 Å². The molecule has 0 saturated carbocycles. The van der Waals surface area contributed by atoms with Crippen LogP contribution in [0.2, 0.25) is 0 Å². The van der Waals surface area contributed by atoms with E-state index in [0.29, 0.717) is 12.5 Å². The van der Waals surface area contributed by atoms with Gasteiger partial charge in [-0.2, -0.15) is 4.98 Å². The molecule has 0 spiro atoms.